The molecule has 118 valence electrons. The molecule has 5 nitrogen and oxygen atoms in total. The molecule has 2 aromatic heterocycles. The molecule has 0 saturated carbocycles. The first kappa shape index (κ1) is 15.8. The van der Waals surface area contributed by atoms with Crippen LogP contribution < -0.4 is 5.32 Å². The predicted octanol–water partition coefficient (Wildman–Crippen LogP) is 3.66. The lowest BCUT2D eigenvalue weighted by molar-refractivity contribution is -0.115. The lowest BCUT2D eigenvalue weighted by Gasteiger charge is -2.11. The molecule has 0 aliphatic heterocycles. The van der Waals surface area contributed by atoms with Crippen molar-refractivity contribution in [2.75, 3.05) is 5.32 Å². The zero-order valence-corrected chi connectivity index (χ0v) is 14.4. The Balaban J connectivity index is 1.68. The summed E-state index contributed by atoms with van der Waals surface area (Å²) in [4.78, 5) is 13.3. The Morgan fingerprint density at radius 3 is 2.70 bits per heavy atom. The smallest absolute Gasteiger partial charge is 0.237 e. The van der Waals surface area contributed by atoms with E-state index in [-0.39, 0.29) is 11.2 Å². The van der Waals surface area contributed by atoms with E-state index in [4.69, 9.17) is 0 Å². The van der Waals surface area contributed by atoms with Crippen molar-refractivity contribution in [1.29, 1.82) is 0 Å². The van der Waals surface area contributed by atoms with E-state index in [1.54, 1.807) is 11.3 Å². The molecule has 0 radical (unpaired) electrons. The second-order valence-corrected chi connectivity index (χ2v) is 7.21. The number of nitrogens with zero attached hydrogens (tertiary/aromatic N) is 3. The highest BCUT2D eigenvalue weighted by atomic mass is 32.2. The molecule has 7 heteroatoms. The molecule has 0 saturated heterocycles. The monoisotopic (exact) mass is 344 g/mol. The minimum atomic E-state index is -0.269. The van der Waals surface area contributed by atoms with Gasteiger partial charge in [0, 0.05) is 12.7 Å². The van der Waals surface area contributed by atoms with Crippen LogP contribution in [0.25, 0.3) is 10.7 Å². The van der Waals surface area contributed by atoms with Crippen LogP contribution in [0.2, 0.25) is 0 Å². The van der Waals surface area contributed by atoms with Gasteiger partial charge in [0.25, 0.3) is 0 Å². The highest BCUT2D eigenvalue weighted by molar-refractivity contribution is 8.00. The Morgan fingerprint density at radius 2 is 2.00 bits per heavy atom. The molecule has 0 bridgehead atoms. The first-order valence-corrected chi connectivity index (χ1v) is 8.87. The van der Waals surface area contributed by atoms with E-state index in [0.717, 1.165) is 21.5 Å². The molecule has 0 spiro atoms. The van der Waals surface area contributed by atoms with Gasteiger partial charge in [-0.2, -0.15) is 0 Å². The molecule has 23 heavy (non-hydrogen) atoms. The van der Waals surface area contributed by atoms with Crippen molar-refractivity contribution in [3.63, 3.8) is 0 Å². The Morgan fingerprint density at radius 1 is 1.22 bits per heavy atom. The summed E-state index contributed by atoms with van der Waals surface area (Å²) in [6.45, 7) is 1.86. The summed E-state index contributed by atoms with van der Waals surface area (Å²) in [6.07, 6.45) is 0. The summed E-state index contributed by atoms with van der Waals surface area (Å²) in [6, 6.07) is 13.4. The van der Waals surface area contributed by atoms with Gasteiger partial charge in [0.2, 0.25) is 5.91 Å². The highest BCUT2D eigenvalue weighted by Crippen LogP contribution is 2.28. The quantitative estimate of drug-likeness (QED) is 0.718. The SMILES string of the molecule is C[C@H](Sc1nnc(-c2cccs2)n1C)C(=O)Nc1ccccc1. The average molecular weight is 344 g/mol. The summed E-state index contributed by atoms with van der Waals surface area (Å²) >= 11 is 3.02. The van der Waals surface area contributed by atoms with Crippen molar-refractivity contribution in [3.8, 4) is 10.7 Å². The maximum absolute atomic E-state index is 12.3. The largest absolute Gasteiger partial charge is 0.325 e. The van der Waals surface area contributed by atoms with Crippen LogP contribution in [0.5, 0.6) is 0 Å². The molecular weight excluding hydrogens is 328 g/mol. The number of thiophene rings is 1. The fourth-order valence-corrected chi connectivity index (χ4v) is 3.57. The van der Waals surface area contributed by atoms with E-state index in [1.807, 2.05) is 66.4 Å². The number of carbonyl (C=O) groups is 1. The lowest BCUT2D eigenvalue weighted by Crippen LogP contribution is -2.22. The number of hydrogen-bond donors (Lipinski definition) is 1. The molecular formula is C16H16N4OS2. The molecule has 0 fully saturated rings. The third-order valence-electron chi connectivity index (χ3n) is 3.27. The first-order valence-electron chi connectivity index (χ1n) is 7.11. The molecule has 0 aliphatic carbocycles. The van der Waals surface area contributed by atoms with Crippen molar-refractivity contribution in [2.45, 2.75) is 17.3 Å². The van der Waals surface area contributed by atoms with Crippen LogP contribution in [0, 0.1) is 0 Å². The van der Waals surface area contributed by atoms with E-state index in [9.17, 15) is 4.79 Å². The fraction of sp³-hybridized carbons (Fsp3) is 0.188. The van der Waals surface area contributed by atoms with Gasteiger partial charge in [-0.15, -0.1) is 21.5 Å². The third kappa shape index (κ3) is 3.62. The molecule has 3 rings (SSSR count). The van der Waals surface area contributed by atoms with Gasteiger partial charge in [0.1, 0.15) is 0 Å². The van der Waals surface area contributed by atoms with Gasteiger partial charge in [-0.1, -0.05) is 36.0 Å². The van der Waals surface area contributed by atoms with Crippen LogP contribution >= 0.6 is 23.1 Å². The Labute approximate surface area is 142 Å². The van der Waals surface area contributed by atoms with Gasteiger partial charge in [-0.3, -0.25) is 4.79 Å². The summed E-state index contributed by atoms with van der Waals surface area (Å²) < 4.78 is 1.92. The Hall–Kier alpha value is -2.12. The number of anilines is 1. The maximum Gasteiger partial charge on any atom is 0.237 e. The second-order valence-electron chi connectivity index (χ2n) is 4.96. The lowest BCUT2D eigenvalue weighted by atomic mass is 10.3. The molecule has 0 unspecified atom stereocenters. The van der Waals surface area contributed by atoms with E-state index < -0.39 is 0 Å². The molecule has 3 aromatic rings. The van der Waals surface area contributed by atoms with Gasteiger partial charge in [0.05, 0.1) is 10.1 Å². The summed E-state index contributed by atoms with van der Waals surface area (Å²) in [5.74, 6) is 0.764. The Bertz CT molecular complexity index is 784. The van der Waals surface area contributed by atoms with E-state index >= 15 is 0 Å². The average Bonchev–Trinajstić information content (AvgIpc) is 3.19. The zero-order chi connectivity index (χ0) is 16.2. The summed E-state index contributed by atoms with van der Waals surface area (Å²) in [5.41, 5.74) is 0.794. The number of benzene rings is 1. The van der Waals surface area contributed by atoms with Crippen LogP contribution in [-0.4, -0.2) is 25.9 Å². The fourth-order valence-electron chi connectivity index (χ4n) is 2.01. The minimum absolute atomic E-state index is 0.0538. The van der Waals surface area contributed by atoms with Crippen molar-refractivity contribution < 1.29 is 4.79 Å². The molecule has 2 heterocycles. The normalized spacial score (nSPS) is 12.1. The van der Waals surface area contributed by atoms with Gasteiger partial charge in [-0.05, 0) is 30.5 Å². The molecule has 1 atom stereocenters. The second kappa shape index (κ2) is 6.97. The molecule has 1 aromatic carbocycles. The van der Waals surface area contributed by atoms with Crippen molar-refractivity contribution >= 4 is 34.7 Å². The summed E-state index contributed by atoms with van der Waals surface area (Å²) in [7, 11) is 1.92. The Kier molecular flexibility index (Phi) is 4.78. The van der Waals surface area contributed by atoms with E-state index in [0.29, 0.717) is 0 Å². The summed E-state index contributed by atoms with van der Waals surface area (Å²) in [5, 5.41) is 13.8. The maximum atomic E-state index is 12.3. The molecule has 1 N–H and O–H groups in total. The van der Waals surface area contributed by atoms with Crippen molar-refractivity contribution in [3.05, 3.63) is 47.8 Å². The number of aromatic nitrogens is 3. The van der Waals surface area contributed by atoms with E-state index in [1.165, 1.54) is 11.8 Å². The van der Waals surface area contributed by atoms with Crippen LogP contribution in [0.3, 0.4) is 0 Å². The number of carbonyl (C=O) groups excluding carboxylic acids is 1. The van der Waals surface area contributed by atoms with Crippen LogP contribution in [0.1, 0.15) is 6.92 Å². The number of para-hydroxylation sites is 1. The van der Waals surface area contributed by atoms with Gasteiger partial charge < -0.3 is 9.88 Å². The minimum Gasteiger partial charge on any atom is -0.325 e. The van der Waals surface area contributed by atoms with Crippen LogP contribution in [-0.2, 0) is 11.8 Å². The molecule has 0 aliphatic rings. The zero-order valence-electron chi connectivity index (χ0n) is 12.8. The standard InChI is InChI=1S/C16H16N4OS2/c1-11(15(21)17-12-7-4-3-5-8-12)23-16-19-18-14(20(16)2)13-9-6-10-22-13/h3-11H,1-2H3,(H,17,21)/t11-/m0/s1. The topological polar surface area (TPSA) is 59.8 Å². The number of thioether (sulfide) groups is 1. The number of hydrogen-bond acceptors (Lipinski definition) is 5. The predicted molar refractivity (Wildman–Crippen MR) is 94.7 cm³/mol. The van der Waals surface area contributed by atoms with Crippen LogP contribution in [0.4, 0.5) is 5.69 Å². The number of amides is 1. The van der Waals surface area contributed by atoms with Gasteiger partial charge in [-0.25, -0.2) is 0 Å². The first-order chi connectivity index (χ1) is 11.1. The highest BCUT2D eigenvalue weighted by Gasteiger charge is 2.19. The van der Waals surface area contributed by atoms with Crippen molar-refractivity contribution in [2.24, 2.45) is 7.05 Å². The van der Waals surface area contributed by atoms with Gasteiger partial charge >= 0.3 is 0 Å². The van der Waals surface area contributed by atoms with Crippen molar-refractivity contribution in [1.82, 2.24) is 14.8 Å². The van der Waals surface area contributed by atoms with Gasteiger partial charge in [0.15, 0.2) is 11.0 Å². The number of rotatable bonds is 5. The third-order valence-corrected chi connectivity index (χ3v) is 5.27. The molecule has 1 amide bonds. The number of nitrogens with one attached hydrogen (secondary N) is 1. The van der Waals surface area contributed by atoms with E-state index in [2.05, 4.69) is 15.5 Å². The van der Waals surface area contributed by atoms with Crippen LogP contribution in [0.15, 0.2) is 53.0 Å².